The van der Waals surface area contributed by atoms with Crippen LogP contribution in [0.4, 0.5) is 0 Å². The van der Waals surface area contributed by atoms with Gasteiger partial charge in [-0.15, -0.1) is 0 Å². The van der Waals surface area contributed by atoms with E-state index in [-0.39, 0.29) is 28.6 Å². The third kappa shape index (κ3) is 9.02. The van der Waals surface area contributed by atoms with Crippen LogP contribution < -0.4 is 4.74 Å². The van der Waals surface area contributed by atoms with Gasteiger partial charge in [0.25, 0.3) is 0 Å². The number of hydrogen-bond acceptors (Lipinski definition) is 4. The van der Waals surface area contributed by atoms with Crippen molar-refractivity contribution >= 4 is 35.1 Å². The van der Waals surface area contributed by atoms with Crippen LogP contribution in [0, 0.1) is 5.41 Å². The van der Waals surface area contributed by atoms with Crippen molar-refractivity contribution in [3.8, 4) is 5.75 Å². The molecule has 0 aliphatic heterocycles. The smallest absolute Gasteiger partial charge is 0.328 e. The van der Waals surface area contributed by atoms with Gasteiger partial charge >= 0.3 is 11.9 Å². The molecule has 1 aromatic rings. The zero-order valence-electron chi connectivity index (χ0n) is 19.3. The van der Waals surface area contributed by atoms with Crippen LogP contribution in [0.5, 0.6) is 5.75 Å². The Balaban J connectivity index is 2.44. The molecule has 0 amide bonds. The van der Waals surface area contributed by atoms with Gasteiger partial charge in [-0.25, -0.2) is 0 Å². The van der Waals surface area contributed by atoms with Crippen molar-refractivity contribution < 1.29 is 19.1 Å². The van der Waals surface area contributed by atoms with Crippen molar-refractivity contribution in [1.82, 2.24) is 0 Å². The highest BCUT2D eigenvalue weighted by Crippen LogP contribution is 2.36. The first-order valence-corrected chi connectivity index (χ1v) is 12.5. The van der Waals surface area contributed by atoms with Gasteiger partial charge < -0.3 is 9.47 Å². The minimum Gasteiger partial charge on any atom is -0.465 e. The molecule has 31 heavy (non-hydrogen) atoms. The Morgan fingerprint density at radius 2 is 1.26 bits per heavy atom. The fourth-order valence-electron chi connectivity index (χ4n) is 3.57. The zero-order valence-corrected chi connectivity index (χ0v) is 20.8. The summed E-state index contributed by atoms with van der Waals surface area (Å²) in [5, 5.41) is 0.446. The lowest BCUT2D eigenvalue weighted by atomic mass is 9.82. The maximum atomic E-state index is 12.9. The minimum absolute atomic E-state index is 0.0737. The Bertz CT molecular complexity index is 651. The summed E-state index contributed by atoms with van der Waals surface area (Å²) in [5.74, 6) is -1.15. The molecular formula is C25H38Cl2O4. The first-order chi connectivity index (χ1) is 14.9. The Morgan fingerprint density at radius 1 is 0.774 bits per heavy atom. The van der Waals surface area contributed by atoms with Crippen molar-refractivity contribution in [1.29, 1.82) is 0 Å². The first kappa shape index (κ1) is 27.8. The number of hydrogen-bond donors (Lipinski definition) is 0. The number of carbonyl (C=O) groups excluding carboxylic acids is 2. The second kappa shape index (κ2) is 15.5. The van der Waals surface area contributed by atoms with E-state index in [1.165, 1.54) is 44.9 Å². The van der Waals surface area contributed by atoms with Crippen LogP contribution in [0.3, 0.4) is 0 Å². The van der Waals surface area contributed by atoms with Gasteiger partial charge in [-0.05, 0) is 31.4 Å². The van der Waals surface area contributed by atoms with Crippen LogP contribution in [0.25, 0.3) is 0 Å². The third-order valence-electron chi connectivity index (χ3n) is 5.83. The van der Waals surface area contributed by atoms with E-state index in [2.05, 4.69) is 6.92 Å². The largest absolute Gasteiger partial charge is 0.465 e. The van der Waals surface area contributed by atoms with Crippen molar-refractivity contribution in [2.75, 3.05) is 6.61 Å². The average molecular weight is 473 g/mol. The van der Waals surface area contributed by atoms with E-state index in [0.29, 0.717) is 6.61 Å². The number of unbranched alkanes of at least 4 members (excludes halogenated alkanes) is 9. The highest BCUT2D eigenvalue weighted by molar-refractivity contribution is 6.37. The third-order valence-corrected chi connectivity index (χ3v) is 6.43. The summed E-state index contributed by atoms with van der Waals surface area (Å²) in [6, 6.07) is 4.83. The first-order valence-electron chi connectivity index (χ1n) is 11.8. The molecule has 6 heteroatoms. The maximum absolute atomic E-state index is 12.9. The Hall–Kier alpha value is -1.26. The molecule has 0 atom stereocenters. The SMILES string of the molecule is CCCCCCCCCCCCOC(=O)C(CC)(CC)C(=O)Oc1c(Cl)cccc1Cl. The Labute approximate surface area is 198 Å². The van der Waals surface area contributed by atoms with Crippen LogP contribution in [0.2, 0.25) is 10.0 Å². The van der Waals surface area contributed by atoms with Gasteiger partial charge in [0.05, 0.1) is 16.7 Å². The molecule has 0 aliphatic carbocycles. The number of ether oxygens (including phenoxy) is 2. The molecule has 0 bridgehead atoms. The average Bonchev–Trinajstić information content (AvgIpc) is 2.76. The summed E-state index contributed by atoms with van der Waals surface area (Å²) < 4.78 is 10.9. The standard InChI is InChI=1S/C25H38Cl2O4/c1-4-7-8-9-10-11-12-13-14-15-19-30-23(28)25(5-2,6-3)24(29)31-22-20(26)17-16-18-21(22)27/h16-18H,4-15,19H2,1-3H3. The van der Waals surface area contributed by atoms with Crippen LogP contribution >= 0.6 is 23.2 Å². The van der Waals surface area contributed by atoms with E-state index in [9.17, 15) is 9.59 Å². The maximum Gasteiger partial charge on any atom is 0.328 e. The number of carbonyl (C=O) groups is 2. The number of rotatable bonds is 16. The van der Waals surface area contributed by atoms with Gasteiger partial charge in [0.2, 0.25) is 0 Å². The van der Waals surface area contributed by atoms with E-state index in [4.69, 9.17) is 32.7 Å². The molecule has 0 fully saturated rings. The van der Waals surface area contributed by atoms with Gasteiger partial charge in [0.1, 0.15) is 0 Å². The van der Waals surface area contributed by atoms with Crippen molar-refractivity contribution in [3.05, 3.63) is 28.2 Å². The lowest BCUT2D eigenvalue weighted by Crippen LogP contribution is -2.42. The van der Waals surface area contributed by atoms with Gasteiger partial charge in [-0.1, -0.05) is 108 Å². The number of halogens is 2. The summed E-state index contributed by atoms with van der Waals surface area (Å²) in [7, 11) is 0. The normalized spacial score (nSPS) is 11.4. The Kier molecular flexibility index (Phi) is 13.9. The lowest BCUT2D eigenvalue weighted by molar-refractivity contribution is -0.168. The molecule has 0 aliphatic rings. The molecular weight excluding hydrogens is 435 g/mol. The van der Waals surface area contributed by atoms with Crippen LogP contribution in [-0.2, 0) is 14.3 Å². The quantitative estimate of drug-likeness (QED) is 0.105. The highest BCUT2D eigenvalue weighted by Gasteiger charge is 2.46. The predicted octanol–water partition coefficient (Wildman–Crippen LogP) is 8.17. The van der Waals surface area contributed by atoms with E-state index in [0.717, 1.165) is 19.3 Å². The molecule has 4 nitrogen and oxygen atoms in total. The predicted molar refractivity (Wildman–Crippen MR) is 128 cm³/mol. The monoisotopic (exact) mass is 472 g/mol. The molecule has 0 saturated carbocycles. The van der Waals surface area contributed by atoms with Gasteiger partial charge in [0, 0.05) is 0 Å². The van der Waals surface area contributed by atoms with Gasteiger partial charge in [-0.2, -0.15) is 0 Å². The van der Waals surface area contributed by atoms with Gasteiger partial charge in [0.15, 0.2) is 11.2 Å². The van der Waals surface area contributed by atoms with Crippen molar-refractivity contribution in [2.24, 2.45) is 5.41 Å². The summed E-state index contributed by atoms with van der Waals surface area (Å²) in [6.45, 7) is 6.11. The Morgan fingerprint density at radius 3 is 1.74 bits per heavy atom. The van der Waals surface area contributed by atoms with E-state index < -0.39 is 17.4 Å². The summed E-state index contributed by atoms with van der Waals surface area (Å²) in [6.07, 6.45) is 12.6. The topological polar surface area (TPSA) is 52.6 Å². The second-order valence-corrected chi connectivity index (χ2v) is 8.86. The lowest BCUT2D eigenvalue weighted by Gasteiger charge is -2.27. The second-order valence-electron chi connectivity index (χ2n) is 8.05. The number of esters is 2. The van der Waals surface area contributed by atoms with E-state index in [1.807, 2.05) is 0 Å². The summed E-state index contributed by atoms with van der Waals surface area (Å²) >= 11 is 12.2. The molecule has 176 valence electrons. The molecule has 1 aromatic carbocycles. The van der Waals surface area contributed by atoms with Crippen molar-refractivity contribution in [3.63, 3.8) is 0 Å². The summed E-state index contributed by atoms with van der Waals surface area (Å²) in [4.78, 5) is 25.7. The molecule has 0 unspecified atom stereocenters. The molecule has 0 heterocycles. The van der Waals surface area contributed by atoms with Crippen LogP contribution in [0.1, 0.15) is 97.8 Å². The van der Waals surface area contributed by atoms with Crippen molar-refractivity contribution in [2.45, 2.75) is 97.8 Å². The van der Waals surface area contributed by atoms with Gasteiger partial charge in [-0.3, -0.25) is 9.59 Å². The molecule has 0 spiro atoms. The zero-order chi connectivity index (χ0) is 23.1. The highest BCUT2D eigenvalue weighted by atomic mass is 35.5. The minimum atomic E-state index is -1.36. The fourth-order valence-corrected chi connectivity index (χ4v) is 4.05. The fraction of sp³-hybridized carbons (Fsp3) is 0.680. The number of benzene rings is 1. The van der Waals surface area contributed by atoms with E-state index >= 15 is 0 Å². The van der Waals surface area contributed by atoms with Crippen LogP contribution in [-0.4, -0.2) is 18.5 Å². The molecule has 0 saturated heterocycles. The molecule has 0 aromatic heterocycles. The van der Waals surface area contributed by atoms with Crippen LogP contribution in [0.15, 0.2) is 18.2 Å². The molecule has 0 N–H and O–H groups in total. The molecule has 1 rings (SSSR count). The van der Waals surface area contributed by atoms with E-state index in [1.54, 1.807) is 32.0 Å². The summed E-state index contributed by atoms with van der Waals surface area (Å²) in [5.41, 5.74) is -1.36. The number of para-hydroxylation sites is 1. The molecule has 0 radical (unpaired) electrons.